The lowest BCUT2D eigenvalue weighted by Gasteiger charge is -2.42. The van der Waals surface area contributed by atoms with Gasteiger partial charge in [-0.3, -0.25) is 4.79 Å². The Morgan fingerprint density at radius 1 is 1.27 bits per heavy atom. The third kappa shape index (κ3) is 6.75. The van der Waals surface area contributed by atoms with E-state index < -0.39 is 35.3 Å². The molecule has 168 valence electrons. The molecule has 1 amide bonds. The van der Waals surface area contributed by atoms with Gasteiger partial charge in [-0.05, 0) is 33.3 Å². The van der Waals surface area contributed by atoms with Crippen LogP contribution >= 0.6 is 11.8 Å². The summed E-state index contributed by atoms with van der Waals surface area (Å²) >= 11 is 1.09. The number of hydrogen-bond donors (Lipinski definition) is 0. The number of ether oxygens (including phenoxy) is 1. The van der Waals surface area contributed by atoms with E-state index >= 15 is 0 Å². The van der Waals surface area contributed by atoms with Crippen molar-refractivity contribution in [1.29, 1.82) is 0 Å². The fraction of sp³-hybridized carbons (Fsp3) is 0.632. The largest absolute Gasteiger partial charge is 0.444 e. The molecule has 0 radical (unpaired) electrons. The van der Waals surface area contributed by atoms with E-state index in [9.17, 15) is 27.2 Å². The van der Waals surface area contributed by atoms with Crippen LogP contribution in [0.2, 0.25) is 0 Å². The molecule has 1 aliphatic heterocycles. The third-order valence-electron chi connectivity index (χ3n) is 4.31. The van der Waals surface area contributed by atoms with Crippen molar-refractivity contribution >= 4 is 28.8 Å². The lowest BCUT2D eigenvalue weighted by atomic mass is 10.1. The zero-order valence-electron chi connectivity index (χ0n) is 17.3. The van der Waals surface area contributed by atoms with Gasteiger partial charge in [-0.25, -0.2) is 14.2 Å². The summed E-state index contributed by atoms with van der Waals surface area (Å²) < 4.78 is 58.3. The van der Waals surface area contributed by atoms with Crippen molar-refractivity contribution in [2.24, 2.45) is 0 Å². The van der Waals surface area contributed by atoms with Crippen molar-refractivity contribution < 1.29 is 31.9 Å². The number of rotatable bonds is 4. The van der Waals surface area contributed by atoms with Crippen LogP contribution in [0.4, 0.5) is 28.2 Å². The van der Waals surface area contributed by atoms with Gasteiger partial charge in [0.25, 0.3) is 0 Å². The van der Waals surface area contributed by atoms with Crippen LogP contribution in [-0.2, 0) is 15.7 Å². The number of piperazine rings is 1. The summed E-state index contributed by atoms with van der Waals surface area (Å²) in [6.45, 7) is 7.19. The highest BCUT2D eigenvalue weighted by atomic mass is 32.2. The standard InChI is InChI=1S/C19H25F4N3O3S/c1-12(27)30-8-5-14-11-25(17(28)29-18(2,3)4)6-7-26(14)16-15(20)9-13(10-24-16)19(21,22)23/h9-10,14H,5-8,11H2,1-4H3. The zero-order chi connectivity index (χ0) is 22.7. The Labute approximate surface area is 176 Å². The highest BCUT2D eigenvalue weighted by molar-refractivity contribution is 8.13. The Kier molecular flexibility index (Phi) is 7.59. The molecule has 6 nitrogen and oxygen atoms in total. The van der Waals surface area contributed by atoms with E-state index in [4.69, 9.17) is 4.74 Å². The number of alkyl halides is 3. The molecule has 2 rings (SSSR count). The van der Waals surface area contributed by atoms with Gasteiger partial charge in [-0.2, -0.15) is 13.2 Å². The minimum absolute atomic E-state index is 0.0832. The molecule has 0 saturated carbocycles. The summed E-state index contributed by atoms with van der Waals surface area (Å²) in [6.07, 6.45) is -4.21. The maximum atomic E-state index is 14.5. The first-order valence-corrected chi connectivity index (χ1v) is 10.4. The van der Waals surface area contributed by atoms with Crippen LogP contribution in [-0.4, -0.2) is 58.1 Å². The van der Waals surface area contributed by atoms with Gasteiger partial charge in [0.15, 0.2) is 16.8 Å². The lowest BCUT2D eigenvalue weighted by Crippen LogP contribution is -2.56. The van der Waals surface area contributed by atoms with E-state index in [1.165, 1.54) is 11.8 Å². The van der Waals surface area contributed by atoms with E-state index in [1.807, 2.05) is 0 Å². The molecule has 0 aliphatic carbocycles. The Bertz CT molecular complexity index is 783. The molecule has 1 aromatic heterocycles. The molecule has 30 heavy (non-hydrogen) atoms. The number of anilines is 1. The molecule has 1 aliphatic rings. The number of thioether (sulfide) groups is 1. The van der Waals surface area contributed by atoms with Crippen molar-refractivity contribution in [3.8, 4) is 0 Å². The Balaban J connectivity index is 2.23. The van der Waals surface area contributed by atoms with Gasteiger partial charge in [0.2, 0.25) is 0 Å². The monoisotopic (exact) mass is 451 g/mol. The molecule has 0 bridgehead atoms. The first-order chi connectivity index (χ1) is 13.8. The summed E-state index contributed by atoms with van der Waals surface area (Å²) in [5, 5.41) is -0.0832. The quantitative estimate of drug-likeness (QED) is 0.635. The van der Waals surface area contributed by atoms with Crippen molar-refractivity contribution in [2.45, 2.75) is 51.9 Å². The van der Waals surface area contributed by atoms with Crippen LogP contribution in [0.1, 0.15) is 39.7 Å². The smallest absolute Gasteiger partial charge is 0.417 e. The van der Waals surface area contributed by atoms with Gasteiger partial charge in [-0.1, -0.05) is 11.8 Å². The molecule has 1 unspecified atom stereocenters. The second-order valence-electron chi connectivity index (χ2n) is 7.93. The Morgan fingerprint density at radius 3 is 2.47 bits per heavy atom. The van der Waals surface area contributed by atoms with E-state index in [0.29, 0.717) is 24.4 Å². The van der Waals surface area contributed by atoms with Gasteiger partial charge in [-0.15, -0.1) is 0 Å². The molecule has 1 saturated heterocycles. The fourth-order valence-electron chi connectivity index (χ4n) is 3.01. The zero-order valence-corrected chi connectivity index (χ0v) is 18.1. The number of halogens is 4. The Hall–Kier alpha value is -2.04. The van der Waals surface area contributed by atoms with Gasteiger partial charge >= 0.3 is 12.3 Å². The van der Waals surface area contributed by atoms with E-state index in [1.54, 1.807) is 25.7 Å². The predicted molar refractivity (Wildman–Crippen MR) is 106 cm³/mol. The molecule has 0 spiro atoms. The maximum absolute atomic E-state index is 14.5. The summed E-state index contributed by atoms with van der Waals surface area (Å²) in [6, 6.07) is -0.0129. The van der Waals surface area contributed by atoms with E-state index in [0.717, 1.165) is 11.8 Å². The van der Waals surface area contributed by atoms with Crippen molar-refractivity contribution in [3.05, 3.63) is 23.6 Å². The second-order valence-corrected chi connectivity index (χ2v) is 9.20. The number of nitrogens with zero attached hydrogens (tertiary/aromatic N) is 3. The molecular formula is C19H25F4N3O3S. The first kappa shape index (κ1) is 24.2. The fourth-order valence-corrected chi connectivity index (χ4v) is 3.69. The minimum Gasteiger partial charge on any atom is -0.444 e. The van der Waals surface area contributed by atoms with Crippen LogP contribution in [0.3, 0.4) is 0 Å². The average molecular weight is 451 g/mol. The number of hydrogen-bond acceptors (Lipinski definition) is 6. The van der Waals surface area contributed by atoms with Gasteiger partial charge in [0.05, 0.1) is 5.56 Å². The topological polar surface area (TPSA) is 62.7 Å². The van der Waals surface area contributed by atoms with Gasteiger partial charge in [0.1, 0.15) is 5.60 Å². The van der Waals surface area contributed by atoms with Gasteiger partial charge in [0, 0.05) is 44.5 Å². The molecule has 11 heteroatoms. The summed E-state index contributed by atoms with van der Waals surface area (Å²) in [5.41, 5.74) is -1.85. The van der Waals surface area contributed by atoms with Gasteiger partial charge < -0.3 is 14.5 Å². The molecule has 1 atom stereocenters. The van der Waals surface area contributed by atoms with E-state index in [2.05, 4.69) is 4.98 Å². The molecule has 0 N–H and O–H groups in total. The third-order valence-corrected chi connectivity index (χ3v) is 5.16. The van der Waals surface area contributed by atoms with Crippen molar-refractivity contribution in [2.75, 3.05) is 30.3 Å². The summed E-state index contributed by atoms with van der Waals surface area (Å²) in [4.78, 5) is 30.4. The number of pyridine rings is 1. The molecule has 0 aromatic carbocycles. The first-order valence-electron chi connectivity index (χ1n) is 9.38. The summed E-state index contributed by atoms with van der Waals surface area (Å²) in [7, 11) is 0. The van der Waals surface area contributed by atoms with Crippen molar-refractivity contribution in [1.82, 2.24) is 9.88 Å². The van der Waals surface area contributed by atoms with Crippen LogP contribution in [0.25, 0.3) is 0 Å². The van der Waals surface area contributed by atoms with Crippen molar-refractivity contribution in [3.63, 3.8) is 0 Å². The number of carbonyl (C=O) groups is 2. The number of carbonyl (C=O) groups excluding carboxylic acids is 2. The maximum Gasteiger partial charge on any atom is 0.417 e. The SMILES string of the molecule is CC(=O)SCCC1CN(C(=O)OC(C)(C)C)CCN1c1ncc(C(F)(F)F)cc1F. The minimum atomic E-state index is -4.70. The molecular weight excluding hydrogens is 426 g/mol. The van der Waals surface area contributed by atoms with Crippen LogP contribution in [0.5, 0.6) is 0 Å². The van der Waals surface area contributed by atoms with Crippen LogP contribution < -0.4 is 4.90 Å². The average Bonchev–Trinajstić information content (AvgIpc) is 2.59. The molecule has 1 fully saturated rings. The number of aromatic nitrogens is 1. The molecule has 2 heterocycles. The highest BCUT2D eigenvalue weighted by Gasteiger charge is 2.36. The Morgan fingerprint density at radius 2 is 1.93 bits per heavy atom. The highest BCUT2D eigenvalue weighted by Crippen LogP contribution is 2.32. The number of amides is 1. The second kappa shape index (κ2) is 9.40. The van der Waals surface area contributed by atoms with E-state index in [-0.39, 0.29) is 30.6 Å². The van der Waals surface area contributed by atoms with Crippen LogP contribution in [0, 0.1) is 5.82 Å². The molecule has 1 aromatic rings. The lowest BCUT2D eigenvalue weighted by molar-refractivity contribution is -0.138. The predicted octanol–water partition coefficient (Wildman–Crippen LogP) is 4.34. The van der Waals surface area contributed by atoms with Crippen LogP contribution in [0.15, 0.2) is 12.3 Å². The summed E-state index contributed by atoms with van der Waals surface area (Å²) in [5.74, 6) is -0.870. The normalized spacial score (nSPS) is 17.8.